The van der Waals surface area contributed by atoms with Crippen molar-refractivity contribution >= 4 is 0 Å². The van der Waals surface area contributed by atoms with Crippen LogP contribution in [0.4, 0.5) is 0 Å². The molecule has 2 aromatic rings. The summed E-state index contributed by atoms with van der Waals surface area (Å²) in [6.45, 7) is 6.98. The summed E-state index contributed by atoms with van der Waals surface area (Å²) in [5.74, 6) is 1.32. The lowest BCUT2D eigenvalue weighted by molar-refractivity contribution is 0.753. The zero-order valence-corrected chi connectivity index (χ0v) is 11.2. The Labute approximate surface area is 108 Å². The average molecular weight is 244 g/mol. The highest BCUT2D eigenvalue weighted by Crippen LogP contribution is 2.16. The van der Waals surface area contributed by atoms with Gasteiger partial charge in [0.1, 0.15) is 0 Å². The third-order valence-electron chi connectivity index (χ3n) is 2.96. The molecule has 2 aromatic heterocycles. The molecule has 2 rings (SSSR count). The van der Waals surface area contributed by atoms with E-state index in [2.05, 4.69) is 36.9 Å². The van der Waals surface area contributed by atoms with Crippen LogP contribution in [-0.4, -0.2) is 21.3 Å². The largest absolute Gasteiger partial charge is 0.330 e. The predicted octanol–water partition coefficient (Wildman–Crippen LogP) is 2.20. The van der Waals surface area contributed by atoms with E-state index in [1.807, 2.05) is 23.1 Å². The number of aromatic nitrogens is 3. The number of nitrogens with zero attached hydrogens (tertiary/aromatic N) is 3. The maximum absolute atomic E-state index is 5.55. The first-order valence-electron chi connectivity index (χ1n) is 6.33. The van der Waals surface area contributed by atoms with Crippen LogP contribution in [0, 0.1) is 6.92 Å². The van der Waals surface area contributed by atoms with Crippen molar-refractivity contribution in [2.75, 3.05) is 6.54 Å². The highest BCUT2D eigenvalue weighted by atomic mass is 15.3. The summed E-state index contributed by atoms with van der Waals surface area (Å²) in [4.78, 5) is 4.48. The van der Waals surface area contributed by atoms with Crippen molar-refractivity contribution in [2.24, 2.45) is 5.73 Å². The van der Waals surface area contributed by atoms with Gasteiger partial charge in [-0.2, -0.15) is 5.10 Å². The Morgan fingerprint density at radius 3 is 2.72 bits per heavy atom. The second kappa shape index (κ2) is 5.31. The van der Waals surface area contributed by atoms with Crippen molar-refractivity contribution in [1.29, 1.82) is 0 Å². The summed E-state index contributed by atoms with van der Waals surface area (Å²) < 4.78 is 1.84. The quantitative estimate of drug-likeness (QED) is 0.897. The molecular formula is C14H20N4. The predicted molar refractivity (Wildman–Crippen MR) is 72.9 cm³/mol. The lowest BCUT2D eigenvalue weighted by Crippen LogP contribution is -2.06. The van der Waals surface area contributed by atoms with E-state index in [-0.39, 0.29) is 0 Å². The molecule has 0 spiro atoms. The van der Waals surface area contributed by atoms with Gasteiger partial charge in [-0.3, -0.25) is 0 Å². The third kappa shape index (κ3) is 2.59. The van der Waals surface area contributed by atoms with E-state index in [1.165, 1.54) is 5.56 Å². The highest BCUT2D eigenvalue weighted by Gasteiger charge is 2.08. The summed E-state index contributed by atoms with van der Waals surface area (Å²) in [6.07, 6.45) is 4.71. The summed E-state index contributed by atoms with van der Waals surface area (Å²) in [7, 11) is 0. The minimum absolute atomic E-state index is 0.433. The van der Waals surface area contributed by atoms with Gasteiger partial charge < -0.3 is 5.73 Å². The Bertz CT molecular complexity index is 528. The van der Waals surface area contributed by atoms with Crippen LogP contribution in [0.5, 0.6) is 0 Å². The van der Waals surface area contributed by atoms with Crippen LogP contribution in [0.25, 0.3) is 5.82 Å². The molecule has 96 valence electrons. The normalized spacial score (nSPS) is 11.2. The van der Waals surface area contributed by atoms with Crippen molar-refractivity contribution < 1.29 is 0 Å². The fourth-order valence-corrected chi connectivity index (χ4v) is 1.93. The molecule has 0 atom stereocenters. The molecule has 0 aliphatic rings. The van der Waals surface area contributed by atoms with E-state index in [0.29, 0.717) is 12.5 Å². The molecule has 0 radical (unpaired) electrons. The maximum atomic E-state index is 5.55. The Kier molecular flexibility index (Phi) is 3.77. The molecule has 18 heavy (non-hydrogen) atoms. The van der Waals surface area contributed by atoms with Crippen molar-refractivity contribution in [1.82, 2.24) is 14.8 Å². The molecule has 0 aromatic carbocycles. The fourth-order valence-electron chi connectivity index (χ4n) is 1.93. The number of nitrogens with two attached hydrogens (primary N) is 1. The molecule has 0 unspecified atom stereocenters. The van der Waals surface area contributed by atoms with Gasteiger partial charge >= 0.3 is 0 Å². The van der Waals surface area contributed by atoms with Gasteiger partial charge in [-0.25, -0.2) is 9.67 Å². The van der Waals surface area contributed by atoms with Gasteiger partial charge in [0.15, 0.2) is 5.82 Å². The molecule has 0 aliphatic carbocycles. The summed E-state index contributed by atoms with van der Waals surface area (Å²) >= 11 is 0. The monoisotopic (exact) mass is 244 g/mol. The summed E-state index contributed by atoms with van der Waals surface area (Å²) in [6, 6.07) is 4.17. The SMILES string of the molecule is Cc1cc(CCN)cnc1-n1ccc(C(C)C)n1. The van der Waals surface area contributed by atoms with Crippen LogP contribution in [0.1, 0.15) is 36.6 Å². The molecule has 4 nitrogen and oxygen atoms in total. The Morgan fingerprint density at radius 2 is 2.17 bits per heavy atom. The minimum atomic E-state index is 0.433. The van der Waals surface area contributed by atoms with Crippen LogP contribution in [0.3, 0.4) is 0 Å². The van der Waals surface area contributed by atoms with Crippen LogP contribution in [0.2, 0.25) is 0 Å². The zero-order chi connectivity index (χ0) is 13.1. The van der Waals surface area contributed by atoms with Crippen LogP contribution in [-0.2, 0) is 6.42 Å². The van der Waals surface area contributed by atoms with E-state index in [4.69, 9.17) is 5.73 Å². The zero-order valence-electron chi connectivity index (χ0n) is 11.2. The van der Waals surface area contributed by atoms with Crippen molar-refractivity contribution in [3.8, 4) is 5.82 Å². The maximum Gasteiger partial charge on any atom is 0.156 e. The fraction of sp³-hybridized carbons (Fsp3) is 0.429. The van der Waals surface area contributed by atoms with E-state index in [0.717, 1.165) is 23.5 Å². The Hall–Kier alpha value is -1.68. The van der Waals surface area contributed by atoms with Gasteiger partial charge in [-0.1, -0.05) is 19.9 Å². The molecular weight excluding hydrogens is 224 g/mol. The van der Waals surface area contributed by atoms with Crippen molar-refractivity contribution in [3.63, 3.8) is 0 Å². The van der Waals surface area contributed by atoms with Crippen molar-refractivity contribution in [2.45, 2.75) is 33.1 Å². The third-order valence-corrected chi connectivity index (χ3v) is 2.96. The lowest BCUT2D eigenvalue weighted by atomic mass is 10.1. The first kappa shape index (κ1) is 12.8. The molecule has 0 saturated carbocycles. The van der Waals surface area contributed by atoms with E-state index in [1.54, 1.807) is 0 Å². The number of pyridine rings is 1. The standard InChI is InChI=1S/C14H20N4/c1-10(2)13-5-7-18(17-13)14-11(3)8-12(4-6-15)9-16-14/h5,7-10H,4,6,15H2,1-3H3. The number of hydrogen-bond donors (Lipinski definition) is 1. The highest BCUT2D eigenvalue weighted by molar-refractivity contribution is 5.35. The number of aryl methyl sites for hydroxylation is 1. The second-order valence-electron chi connectivity index (χ2n) is 4.86. The molecule has 2 N–H and O–H groups in total. The molecule has 0 bridgehead atoms. The molecule has 2 heterocycles. The summed E-state index contributed by atoms with van der Waals surface area (Å²) in [5, 5.41) is 4.55. The van der Waals surface area contributed by atoms with Crippen LogP contribution < -0.4 is 5.73 Å². The van der Waals surface area contributed by atoms with Gasteiger partial charge in [0, 0.05) is 12.4 Å². The smallest absolute Gasteiger partial charge is 0.156 e. The van der Waals surface area contributed by atoms with E-state index < -0.39 is 0 Å². The van der Waals surface area contributed by atoms with Crippen LogP contribution in [0.15, 0.2) is 24.5 Å². The lowest BCUT2D eigenvalue weighted by Gasteiger charge is -2.07. The van der Waals surface area contributed by atoms with Gasteiger partial charge in [0.05, 0.1) is 5.69 Å². The minimum Gasteiger partial charge on any atom is -0.330 e. The number of hydrogen-bond acceptors (Lipinski definition) is 3. The van der Waals surface area contributed by atoms with Gasteiger partial charge in [-0.15, -0.1) is 0 Å². The first-order valence-corrected chi connectivity index (χ1v) is 6.33. The topological polar surface area (TPSA) is 56.7 Å². The van der Waals surface area contributed by atoms with Crippen molar-refractivity contribution in [3.05, 3.63) is 41.3 Å². The second-order valence-corrected chi connectivity index (χ2v) is 4.86. The van der Waals surface area contributed by atoms with Gasteiger partial charge in [0.25, 0.3) is 0 Å². The van der Waals surface area contributed by atoms with E-state index in [9.17, 15) is 0 Å². The number of rotatable bonds is 4. The van der Waals surface area contributed by atoms with Gasteiger partial charge in [0.2, 0.25) is 0 Å². The summed E-state index contributed by atoms with van der Waals surface area (Å²) in [5.41, 5.74) is 8.94. The Balaban J connectivity index is 2.32. The molecule has 0 fully saturated rings. The average Bonchev–Trinajstić information content (AvgIpc) is 2.79. The van der Waals surface area contributed by atoms with Gasteiger partial charge in [-0.05, 0) is 43.0 Å². The Morgan fingerprint density at radius 1 is 1.39 bits per heavy atom. The molecule has 0 aliphatic heterocycles. The van der Waals surface area contributed by atoms with E-state index >= 15 is 0 Å². The van der Waals surface area contributed by atoms with Crippen LogP contribution >= 0.6 is 0 Å². The molecule has 0 saturated heterocycles. The molecule has 4 heteroatoms. The molecule has 0 amide bonds. The first-order chi connectivity index (χ1) is 8.61.